The summed E-state index contributed by atoms with van der Waals surface area (Å²) in [7, 11) is 8.13. The second-order valence-electron chi connectivity index (χ2n) is 24.8. The zero-order chi connectivity index (χ0) is 84.6. The quantitative estimate of drug-likeness (QED) is 0.0118. The lowest BCUT2D eigenvalue weighted by molar-refractivity contribution is -0.385. The molecule has 0 bridgehead atoms. The Morgan fingerprint density at radius 1 is 0.383 bits per heavy atom. The van der Waals surface area contributed by atoms with E-state index in [1.54, 1.807) is 96.1 Å². The van der Waals surface area contributed by atoms with E-state index in [-0.39, 0.29) is 80.5 Å². The maximum absolute atomic E-state index is 13.3. The molecule has 115 heavy (non-hydrogen) atoms. The molecular weight excluding hydrogens is 1560 g/mol. The number of amides is 3. The SMILES string of the molecule is CC(=O)O.COC(=O)c1sc(N2C(=O)C(=O)/C(=C(/O)c3ccc(OC)c(C)c3)C2c2ccc([N+](=O)[O-])cc2)nc1C.COC(=O)c1sc(N2C(=O)C(=O)/C(=C(/O)c3ccc(OC)c(C)c3)C2c2ccc([N+](=O)[O-])cc2)nc1C.COC(=O)c1sc(N2C(=O)C(=O)/C(=C(/O)c3ccc(OC)c(C)c3)C2c2ccc([N+](=O)[O-])cc2)nc1C. The highest BCUT2D eigenvalue weighted by Gasteiger charge is 2.52. The molecule has 12 rings (SSSR count). The molecule has 3 aromatic heterocycles. The molecule has 0 radical (unpaired) electrons. The van der Waals surface area contributed by atoms with E-state index < -0.39 is 109 Å². The summed E-state index contributed by atoms with van der Waals surface area (Å²) >= 11 is 2.57. The molecule has 3 saturated heterocycles. The predicted octanol–water partition coefficient (Wildman–Crippen LogP) is 12.4. The number of Topliss-reactive ketones (excluding diaryl/α,β-unsaturated/α-hetero) is 3. The number of anilines is 3. The van der Waals surface area contributed by atoms with Gasteiger partial charge in [0.2, 0.25) is 0 Å². The number of nitrogens with zero attached hydrogens (tertiary/aromatic N) is 9. The molecule has 38 heteroatoms. The molecule has 0 saturated carbocycles. The lowest BCUT2D eigenvalue weighted by Crippen LogP contribution is -2.29. The summed E-state index contributed by atoms with van der Waals surface area (Å²) in [5.74, 6) is -8.22. The normalized spacial score (nSPS) is 16.3. The van der Waals surface area contributed by atoms with E-state index in [9.17, 15) is 88.8 Å². The number of aromatic nitrogens is 3. The summed E-state index contributed by atoms with van der Waals surface area (Å²) in [4.78, 5) is 174. The van der Waals surface area contributed by atoms with Crippen LogP contribution in [0.5, 0.6) is 17.2 Å². The number of carbonyl (C=O) groups excluding carboxylic acids is 9. The Labute approximate surface area is 663 Å². The Morgan fingerprint density at radius 3 is 0.783 bits per heavy atom. The van der Waals surface area contributed by atoms with Crippen molar-refractivity contribution >= 4 is 143 Å². The first kappa shape index (κ1) is 84.7. The molecule has 3 aliphatic heterocycles. The fourth-order valence-electron chi connectivity index (χ4n) is 12.2. The van der Waals surface area contributed by atoms with Crippen LogP contribution in [0.2, 0.25) is 0 Å². The van der Waals surface area contributed by atoms with E-state index in [2.05, 4.69) is 15.0 Å². The number of carboxylic acids is 1. The number of aliphatic hydroxyl groups is 3. The lowest BCUT2D eigenvalue weighted by Gasteiger charge is -2.23. The first-order chi connectivity index (χ1) is 54.5. The third kappa shape index (κ3) is 17.3. The number of carboxylic acid groups (broad SMARTS) is 1. The van der Waals surface area contributed by atoms with Crippen molar-refractivity contribution in [2.75, 3.05) is 57.4 Å². The molecule has 9 aromatic rings. The number of rotatable bonds is 18. The molecule has 3 fully saturated rings. The molecule has 0 aliphatic carbocycles. The van der Waals surface area contributed by atoms with Crippen LogP contribution in [-0.4, -0.2) is 152 Å². The largest absolute Gasteiger partial charge is 0.507 e. The smallest absolute Gasteiger partial charge is 0.350 e. The van der Waals surface area contributed by atoms with Crippen molar-refractivity contribution in [1.29, 1.82) is 0 Å². The van der Waals surface area contributed by atoms with Gasteiger partial charge in [0.1, 0.15) is 49.2 Å². The third-order valence-corrected chi connectivity index (χ3v) is 21.1. The number of aryl methyl sites for hydroxylation is 6. The second-order valence-corrected chi connectivity index (χ2v) is 27.8. The van der Waals surface area contributed by atoms with Gasteiger partial charge in [0.25, 0.3) is 40.4 Å². The van der Waals surface area contributed by atoms with Crippen LogP contribution in [0, 0.1) is 71.9 Å². The molecule has 3 unspecified atom stereocenters. The summed E-state index contributed by atoms with van der Waals surface area (Å²) in [6.07, 6.45) is 0. The zero-order valence-corrected chi connectivity index (χ0v) is 65.3. The topological polar surface area (TPSA) is 485 Å². The Kier molecular flexibility index (Phi) is 26.1. The Balaban J connectivity index is 0.000000193. The van der Waals surface area contributed by atoms with Crippen molar-refractivity contribution in [3.63, 3.8) is 0 Å². The van der Waals surface area contributed by atoms with Gasteiger partial charge < -0.3 is 48.8 Å². The van der Waals surface area contributed by atoms with Gasteiger partial charge in [-0.1, -0.05) is 34.0 Å². The van der Waals surface area contributed by atoms with Crippen molar-refractivity contribution in [3.05, 3.63) is 256 Å². The van der Waals surface area contributed by atoms with Crippen molar-refractivity contribution in [2.45, 2.75) is 66.6 Å². The summed E-state index contributed by atoms with van der Waals surface area (Å²) in [5, 5.41) is 74.8. The Bertz CT molecular complexity index is 5070. The number of benzene rings is 6. The van der Waals surface area contributed by atoms with Gasteiger partial charge in [0.15, 0.2) is 15.4 Å². The van der Waals surface area contributed by atoms with E-state index in [1.807, 2.05) is 0 Å². The number of nitro groups is 3. The van der Waals surface area contributed by atoms with E-state index in [1.165, 1.54) is 115 Å². The molecular formula is C77H67N9O26S3. The summed E-state index contributed by atoms with van der Waals surface area (Å²) in [5.41, 5.74) is 3.48. The van der Waals surface area contributed by atoms with Crippen LogP contribution in [0.15, 0.2) is 144 Å². The summed E-state index contributed by atoms with van der Waals surface area (Å²) < 4.78 is 30.1. The Hall–Kier alpha value is -14.3. The monoisotopic (exact) mass is 1630 g/mol. The first-order valence-electron chi connectivity index (χ1n) is 33.5. The molecule has 3 amide bonds. The molecule has 3 atom stereocenters. The van der Waals surface area contributed by atoms with Crippen molar-refractivity contribution in [1.82, 2.24) is 15.0 Å². The summed E-state index contributed by atoms with van der Waals surface area (Å²) in [6.45, 7) is 11.0. The van der Waals surface area contributed by atoms with Crippen LogP contribution >= 0.6 is 34.0 Å². The van der Waals surface area contributed by atoms with Crippen LogP contribution in [0.25, 0.3) is 17.3 Å². The number of methoxy groups -OCH3 is 6. The maximum atomic E-state index is 13.3. The van der Waals surface area contributed by atoms with E-state index in [4.69, 9.17) is 38.3 Å². The number of thiazole rings is 3. The number of hydrogen-bond donors (Lipinski definition) is 4. The zero-order valence-electron chi connectivity index (χ0n) is 62.9. The lowest BCUT2D eigenvalue weighted by atomic mass is 9.94. The van der Waals surface area contributed by atoms with Gasteiger partial charge >= 0.3 is 35.6 Å². The molecule has 594 valence electrons. The number of ether oxygens (including phenoxy) is 6. The number of hydrogen-bond acceptors (Lipinski definition) is 31. The fourth-order valence-corrected chi connectivity index (χ4v) is 15.3. The van der Waals surface area contributed by atoms with Crippen LogP contribution in [0.3, 0.4) is 0 Å². The van der Waals surface area contributed by atoms with E-state index >= 15 is 0 Å². The van der Waals surface area contributed by atoms with E-state index in [0.717, 1.165) is 55.6 Å². The van der Waals surface area contributed by atoms with Gasteiger partial charge in [-0.15, -0.1) is 0 Å². The summed E-state index contributed by atoms with van der Waals surface area (Å²) in [6, 6.07) is 26.6. The minimum absolute atomic E-state index is 0.0355. The van der Waals surface area contributed by atoms with Crippen molar-refractivity contribution < 1.29 is 112 Å². The molecule has 4 N–H and O–H groups in total. The standard InChI is InChI=1S/3C25H21N3O8S.C2H4O2/c3*1-12-11-15(7-10-17(12)35-3)20(29)18-19(14-5-8-16(9-6-14)28(33)34)27(23(31)21(18)30)25-26-13(2)22(37-25)24(32)36-4;1-2(3)4/h3*5-11,19,29H,1-4H3;1H3,(H,3,4)/b3*20-18+;. The fraction of sp³-hybridized carbons (Fsp3) is 0.208. The Morgan fingerprint density at radius 2 is 0.600 bits per heavy atom. The molecule has 3 aliphatic rings. The highest BCUT2D eigenvalue weighted by atomic mass is 32.1. The number of aliphatic hydroxyl groups excluding tert-OH is 3. The van der Waals surface area contributed by atoms with Crippen LogP contribution in [-0.2, 0) is 47.8 Å². The number of carbonyl (C=O) groups is 10. The number of aliphatic carboxylic acids is 1. The minimum Gasteiger partial charge on any atom is -0.507 e. The minimum atomic E-state index is -1.17. The number of nitro benzene ring substituents is 3. The van der Waals surface area contributed by atoms with E-state index in [0.29, 0.717) is 67.7 Å². The van der Waals surface area contributed by atoms with Crippen LogP contribution in [0.4, 0.5) is 32.5 Å². The number of ketones is 3. The number of non-ortho nitro benzene ring substituents is 3. The average molecular weight is 1630 g/mol. The van der Waals surface area contributed by atoms with Crippen molar-refractivity contribution in [3.8, 4) is 17.2 Å². The predicted molar refractivity (Wildman–Crippen MR) is 415 cm³/mol. The molecule has 6 heterocycles. The first-order valence-corrected chi connectivity index (χ1v) is 35.9. The third-order valence-electron chi connectivity index (χ3n) is 17.7. The number of esters is 3. The molecule has 6 aromatic carbocycles. The average Bonchev–Trinajstić information content (AvgIpc) is 1.60. The van der Waals surface area contributed by atoms with Crippen LogP contribution in [0.1, 0.15) is 121 Å². The second kappa shape index (κ2) is 35.4. The van der Waals surface area contributed by atoms with Gasteiger partial charge in [-0.05, 0) is 166 Å². The van der Waals surface area contributed by atoms with Gasteiger partial charge in [-0.3, -0.25) is 78.6 Å². The van der Waals surface area contributed by atoms with Gasteiger partial charge in [-0.25, -0.2) is 29.3 Å². The highest BCUT2D eigenvalue weighted by Crippen LogP contribution is 2.49. The molecule has 35 nitrogen and oxygen atoms in total. The highest BCUT2D eigenvalue weighted by molar-refractivity contribution is 7.18. The van der Waals surface area contributed by atoms with Crippen molar-refractivity contribution in [2.24, 2.45) is 0 Å². The van der Waals surface area contributed by atoms with Crippen LogP contribution < -0.4 is 28.9 Å². The molecule has 0 spiro atoms. The van der Waals surface area contributed by atoms with Gasteiger partial charge in [-0.2, -0.15) is 0 Å². The van der Waals surface area contributed by atoms with Gasteiger partial charge in [0, 0.05) is 60.0 Å². The maximum Gasteiger partial charge on any atom is 0.350 e. The van der Waals surface area contributed by atoms with Gasteiger partial charge in [0.05, 0.1) is 109 Å².